The summed E-state index contributed by atoms with van der Waals surface area (Å²) in [6.07, 6.45) is 0. The molecule has 0 aliphatic heterocycles. The van der Waals surface area contributed by atoms with Gasteiger partial charge in [0, 0.05) is 12.7 Å². The van der Waals surface area contributed by atoms with Crippen molar-refractivity contribution in [3.63, 3.8) is 0 Å². The number of anilines is 1. The lowest BCUT2D eigenvalue weighted by Gasteiger charge is -2.21. The molecule has 0 aliphatic carbocycles. The van der Waals surface area contributed by atoms with Crippen molar-refractivity contribution in [3.8, 4) is 0 Å². The van der Waals surface area contributed by atoms with E-state index in [1.54, 1.807) is 7.05 Å². The van der Waals surface area contributed by atoms with Crippen LogP contribution in [0.2, 0.25) is 13.1 Å². The topological polar surface area (TPSA) is 20.3 Å². The molecule has 17 heavy (non-hydrogen) atoms. The predicted octanol–water partition coefficient (Wildman–Crippen LogP) is 2.26. The number of amides is 1. The van der Waals surface area contributed by atoms with Gasteiger partial charge < -0.3 is 4.90 Å². The monoisotopic (exact) mass is 251 g/mol. The first-order valence-corrected chi connectivity index (χ1v) is 8.57. The van der Waals surface area contributed by atoms with E-state index in [1.807, 2.05) is 30.0 Å². The van der Waals surface area contributed by atoms with Gasteiger partial charge in [-0.2, -0.15) is 0 Å². The average Bonchev–Trinajstić information content (AvgIpc) is 2.37. The average molecular weight is 251 g/mol. The zero-order valence-electron chi connectivity index (χ0n) is 10.5. The Balaban J connectivity index is 3.09. The number of carbonyl (C=O) groups excluding carboxylic acids is 1. The van der Waals surface area contributed by atoms with E-state index in [2.05, 4.69) is 19.7 Å². The van der Waals surface area contributed by atoms with E-state index in [0.29, 0.717) is 0 Å². The summed E-state index contributed by atoms with van der Waals surface area (Å²) in [7, 11) is -0.0566. The van der Waals surface area contributed by atoms with Crippen LogP contribution in [0, 0.1) is 0 Å². The smallest absolute Gasteiger partial charge is 0.258 e. The fourth-order valence-corrected chi connectivity index (χ4v) is 2.75. The van der Waals surface area contributed by atoms with Crippen molar-refractivity contribution < 1.29 is 9.18 Å². The van der Waals surface area contributed by atoms with Gasteiger partial charge in [0.15, 0.2) is 6.67 Å². The number of carbonyl (C=O) groups is 1. The first kappa shape index (κ1) is 13.6. The molecule has 0 N–H and O–H groups in total. The van der Waals surface area contributed by atoms with Crippen molar-refractivity contribution in [2.75, 3.05) is 18.6 Å². The Morgan fingerprint density at radius 2 is 2.18 bits per heavy atom. The summed E-state index contributed by atoms with van der Waals surface area (Å²) in [5.41, 5.74) is 2.72. The lowest BCUT2D eigenvalue weighted by Crippen LogP contribution is -2.40. The molecule has 0 aromatic heterocycles. The quantitative estimate of drug-likeness (QED) is 0.752. The summed E-state index contributed by atoms with van der Waals surface area (Å²) in [5, 5.41) is 1.18. The number of rotatable bonds is 4. The Morgan fingerprint density at radius 3 is 2.71 bits per heavy atom. The standard InChI is InChI=1S/C13H18FNOSi/c1-5-17(3,4)12-8-6-7-11(9-12)15(2)13(16)10-14/h5-9H,1,10H2,2-4H3. The summed E-state index contributed by atoms with van der Waals surface area (Å²) >= 11 is 0. The molecule has 2 nitrogen and oxygen atoms in total. The molecular weight excluding hydrogens is 233 g/mol. The predicted molar refractivity (Wildman–Crippen MR) is 73.1 cm³/mol. The lowest BCUT2D eigenvalue weighted by molar-refractivity contribution is -0.119. The van der Waals surface area contributed by atoms with Gasteiger partial charge >= 0.3 is 0 Å². The molecule has 0 fully saturated rings. The highest BCUT2D eigenvalue weighted by molar-refractivity contribution is 6.93. The van der Waals surface area contributed by atoms with E-state index in [1.165, 1.54) is 10.1 Å². The van der Waals surface area contributed by atoms with E-state index in [4.69, 9.17) is 0 Å². The third-order valence-electron chi connectivity index (χ3n) is 2.98. The maximum Gasteiger partial charge on any atom is 0.258 e. The number of halogens is 1. The molecule has 0 saturated carbocycles. The second-order valence-corrected chi connectivity index (χ2v) is 8.99. The molecule has 0 heterocycles. The molecule has 0 atom stereocenters. The molecule has 1 aromatic carbocycles. The number of hydrogen-bond acceptors (Lipinski definition) is 1. The van der Waals surface area contributed by atoms with Crippen molar-refractivity contribution in [1.29, 1.82) is 0 Å². The second-order valence-electron chi connectivity index (χ2n) is 4.56. The molecule has 1 aromatic rings. The maximum atomic E-state index is 12.3. The van der Waals surface area contributed by atoms with Crippen LogP contribution in [0.15, 0.2) is 36.5 Å². The minimum absolute atomic E-state index is 0.528. The third-order valence-corrected chi connectivity index (χ3v) is 5.80. The van der Waals surface area contributed by atoms with E-state index in [0.717, 1.165) is 5.69 Å². The van der Waals surface area contributed by atoms with Crippen molar-refractivity contribution in [2.24, 2.45) is 0 Å². The van der Waals surface area contributed by atoms with E-state index in [9.17, 15) is 9.18 Å². The summed E-state index contributed by atoms with van der Waals surface area (Å²) in [6.45, 7) is 7.24. The van der Waals surface area contributed by atoms with Crippen LogP contribution in [-0.2, 0) is 4.79 Å². The molecule has 1 amide bonds. The number of alkyl halides is 1. The van der Waals surface area contributed by atoms with Crippen molar-refractivity contribution in [1.82, 2.24) is 0 Å². The van der Waals surface area contributed by atoms with Crippen LogP contribution in [0.1, 0.15) is 0 Å². The Hall–Kier alpha value is -1.42. The first-order valence-electron chi connectivity index (χ1n) is 5.49. The largest absolute Gasteiger partial charge is 0.313 e. The van der Waals surface area contributed by atoms with Gasteiger partial charge in [0.1, 0.15) is 8.07 Å². The van der Waals surface area contributed by atoms with Crippen LogP contribution in [-0.4, -0.2) is 27.7 Å². The second kappa shape index (κ2) is 5.27. The highest BCUT2D eigenvalue weighted by Gasteiger charge is 2.20. The van der Waals surface area contributed by atoms with Crippen LogP contribution < -0.4 is 10.1 Å². The van der Waals surface area contributed by atoms with E-state index >= 15 is 0 Å². The third kappa shape index (κ3) is 3.03. The van der Waals surface area contributed by atoms with Gasteiger partial charge in [-0.15, -0.1) is 6.58 Å². The molecule has 4 heteroatoms. The Bertz CT molecular complexity index is 431. The van der Waals surface area contributed by atoms with Gasteiger partial charge in [-0.3, -0.25) is 4.79 Å². The molecule has 0 bridgehead atoms. The maximum absolute atomic E-state index is 12.3. The molecular formula is C13H18FNOSi. The van der Waals surface area contributed by atoms with Crippen LogP contribution in [0.3, 0.4) is 0 Å². The Kier molecular flexibility index (Phi) is 4.23. The molecule has 0 radical (unpaired) electrons. The highest BCUT2D eigenvalue weighted by Crippen LogP contribution is 2.14. The SMILES string of the molecule is C=C[Si](C)(C)c1cccc(N(C)C(=O)CF)c1. The van der Waals surface area contributed by atoms with Crippen LogP contribution in [0.5, 0.6) is 0 Å². The van der Waals surface area contributed by atoms with Crippen molar-refractivity contribution >= 4 is 24.9 Å². The van der Waals surface area contributed by atoms with Gasteiger partial charge in [0.25, 0.3) is 5.91 Å². The van der Waals surface area contributed by atoms with E-state index in [-0.39, 0.29) is 0 Å². The normalized spacial score (nSPS) is 11.1. The van der Waals surface area contributed by atoms with Gasteiger partial charge in [-0.05, 0) is 12.1 Å². The van der Waals surface area contributed by atoms with Gasteiger partial charge in [0.2, 0.25) is 0 Å². The van der Waals surface area contributed by atoms with Gasteiger partial charge in [-0.1, -0.05) is 36.1 Å². The number of benzene rings is 1. The molecule has 0 spiro atoms. The van der Waals surface area contributed by atoms with Gasteiger partial charge in [-0.25, -0.2) is 4.39 Å². The number of nitrogens with zero attached hydrogens (tertiary/aromatic N) is 1. The molecule has 92 valence electrons. The van der Waals surface area contributed by atoms with Crippen molar-refractivity contribution in [3.05, 3.63) is 36.5 Å². The van der Waals surface area contributed by atoms with Gasteiger partial charge in [0.05, 0.1) is 0 Å². The molecule has 0 unspecified atom stereocenters. The minimum Gasteiger partial charge on any atom is -0.313 e. The molecule has 0 aliphatic rings. The summed E-state index contributed by atoms with van der Waals surface area (Å²) in [5.74, 6) is -0.528. The van der Waals surface area contributed by atoms with Crippen LogP contribution in [0.25, 0.3) is 0 Å². The summed E-state index contributed by atoms with van der Waals surface area (Å²) in [6, 6.07) is 7.68. The Morgan fingerprint density at radius 1 is 1.53 bits per heavy atom. The molecule has 0 saturated heterocycles. The highest BCUT2D eigenvalue weighted by atomic mass is 28.3. The minimum atomic E-state index is -1.64. The van der Waals surface area contributed by atoms with Crippen LogP contribution in [0.4, 0.5) is 10.1 Å². The zero-order chi connectivity index (χ0) is 13.1. The fourth-order valence-electron chi connectivity index (χ4n) is 1.47. The zero-order valence-corrected chi connectivity index (χ0v) is 11.5. The lowest BCUT2D eigenvalue weighted by atomic mass is 10.3. The Labute approximate surface area is 103 Å². The van der Waals surface area contributed by atoms with Crippen molar-refractivity contribution in [2.45, 2.75) is 13.1 Å². The fraction of sp³-hybridized carbons (Fsp3) is 0.308. The summed E-state index contributed by atoms with van der Waals surface area (Å²) in [4.78, 5) is 12.6. The van der Waals surface area contributed by atoms with Crippen LogP contribution >= 0.6 is 0 Å². The first-order chi connectivity index (χ1) is 7.92. The summed E-state index contributed by atoms with van der Waals surface area (Å²) < 4.78 is 12.3. The number of hydrogen-bond donors (Lipinski definition) is 0. The molecule has 1 rings (SSSR count). The van der Waals surface area contributed by atoms with E-state index < -0.39 is 20.7 Å².